The summed E-state index contributed by atoms with van der Waals surface area (Å²) >= 11 is 0. The number of rotatable bonds is 3. The number of carbonyl (C=O) groups is 1. The van der Waals surface area contributed by atoms with Crippen molar-refractivity contribution >= 4 is 11.6 Å². The van der Waals surface area contributed by atoms with E-state index in [1.54, 1.807) is 13.0 Å². The number of aryl methyl sites for hydroxylation is 1. The average Bonchev–Trinajstić information content (AvgIpc) is 2.53. The van der Waals surface area contributed by atoms with E-state index < -0.39 is 30.7 Å². The van der Waals surface area contributed by atoms with Crippen LogP contribution < -0.4 is 10.1 Å². The second-order valence-electron chi connectivity index (χ2n) is 5.85. The third-order valence-corrected chi connectivity index (χ3v) is 4.29. The van der Waals surface area contributed by atoms with Gasteiger partial charge in [0, 0.05) is 13.5 Å². The number of amides is 1. The summed E-state index contributed by atoms with van der Waals surface area (Å²) in [6.07, 6.45) is -3.43. The van der Waals surface area contributed by atoms with Crippen LogP contribution in [0.3, 0.4) is 0 Å². The molecule has 3 N–H and O–H groups in total. The van der Waals surface area contributed by atoms with E-state index in [0.717, 1.165) is 5.56 Å². The molecule has 23 heavy (non-hydrogen) atoms. The zero-order chi connectivity index (χ0) is 16.6. The number of para-hydroxylation sites is 1. The van der Waals surface area contributed by atoms with Crippen molar-refractivity contribution in [2.75, 3.05) is 12.4 Å². The number of ether oxygens (including phenoxy) is 3. The van der Waals surface area contributed by atoms with Gasteiger partial charge in [0.15, 0.2) is 0 Å². The van der Waals surface area contributed by atoms with E-state index in [0.29, 0.717) is 24.3 Å². The topological polar surface area (TPSA) is 97.3 Å². The van der Waals surface area contributed by atoms with Gasteiger partial charge in [0.2, 0.25) is 12.2 Å². The van der Waals surface area contributed by atoms with E-state index in [2.05, 4.69) is 5.32 Å². The Morgan fingerprint density at radius 3 is 2.78 bits per heavy atom. The van der Waals surface area contributed by atoms with Crippen LogP contribution in [0.1, 0.15) is 18.9 Å². The van der Waals surface area contributed by atoms with Crippen LogP contribution in [0.5, 0.6) is 5.75 Å². The molecule has 7 heteroatoms. The minimum absolute atomic E-state index is 0.0773. The molecule has 1 aromatic carbocycles. The molecule has 1 fully saturated rings. The van der Waals surface area contributed by atoms with Crippen molar-refractivity contribution in [2.45, 2.75) is 50.5 Å². The van der Waals surface area contributed by atoms with E-state index in [9.17, 15) is 15.0 Å². The average molecular weight is 323 g/mol. The molecule has 5 atom stereocenters. The number of benzene rings is 1. The zero-order valence-corrected chi connectivity index (χ0v) is 13.1. The van der Waals surface area contributed by atoms with E-state index >= 15 is 0 Å². The predicted octanol–water partition coefficient (Wildman–Crippen LogP) is 0.432. The second kappa shape index (κ2) is 6.45. The van der Waals surface area contributed by atoms with E-state index in [1.807, 2.05) is 12.1 Å². The van der Waals surface area contributed by atoms with Gasteiger partial charge in [-0.2, -0.15) is 0 Å². The van der Waals surface area contributed by atoms with Crippen molar-refractivity contribution in [3.05, 3.63) is 23.8 Å². The van der Waals surface area contributed by atoms with E-state index in [1.165, 1.54) is 7.11 Å². The van der Waals surface area contributed by atoms with Crippen molar-refractivity contribution in [2.24, 2.45) is 0 Å². The Labute approximate surface area is 134 Å². The number of fused-ring (bicyclic) bond motifs is 1. The molecule has 0 aromatic heterocycles. The number of carbonyl (C=O) groups excluding carboxylic acids is 1. The number of aliphatic hydroxyl groups is 2. The van der Waals surface area contributed by atoms with Crippen LogP contribution in [0, 0.1) is 0 Å². The fraction of sp³-hybridized carbons (Fsp3) is 0.562. The lowest BCUT2D eigenvalue weighted by Gasteiger charge is -2.40. The number of hydrogen-bond donors (Lipinski definition) is 3. The highest BCUT2D eigenvalue weighted by atomic mass is 16.7. The zero-order valence-electron chi connectivity index (χ0n) is 13.1. The maximum absolute atomic E-state index is 11.6. The first-order chi connectivity index (χ1) is 11.0. The van der Waals surface area contributed by atoms with Crippen molar-refractivity contribution < 1.29 is 29.2 Å². The monoisotopic (exact) mass is 323 g/mol. The van der Waals surface area contributed by atoms with Gasteiger partial charge >= 0.3 is 0 Å². The number of hydrogen-bond acceptors (Lipinski definition) is 6. The highest BCUT2D eigenvalue weighted by molar-refractivity contribution is 5.95. The predicted molar refractivity (Wildman–Crippen MR) is 81.2 cm³/mol. The Balaban J connectivity index is 1.81. The third kappa shape index (κ3) is 3.05. The lowest BCUT2D eigenvalue weighted by atomic mass is 9.99. The first-order valence-electron chi connectivity index (χ1n) is 7.64. The number of anilines is 1. The van der Waals surface area contributed by atoms with Crippen molar-refractivity contribution in [1.82, 2.24) is 0 Å². The molecule has 2 aliphatic heterocycles. The van der Waals surface area contributed by atoms with Gasteiger partial charge in [-0.15, -0.1) is 0 Å². The number of methoxy groups -OCH3 is 1. The molecule has 0 aliphatic carbocycles. The molecule has 0 unspecified atom stereocenters. The molecule has 1 amide bonds. The van der Waals surface area contributed by atoms with Crippen LogP contribution in [0.15, 0.2) is 18.2 Å². The Morgan fingerprint density at radius 1 is 1.26 bits per heavy atom. The summed E-state index contributed by atoms with van der Waals surface area (Å²) in [5.74, 6) is 0.335. The van der Waals surface area contributed by atoms with Crippen molar-refractivity contribution in [1.29, 1.82) is 0 Å². The van der Waals surface area contributed by atoms with Crippen LogP contribution in [0.4, 0.5) is 5.69 Å². The van der Waals surface area contributed by atoms with Crippen LogP contribution in [-0.2, 0) is 20.7 Å². The molecule has 1 saturated heterocycles. The standard InChI is InChI=1S/C16H21NO6/c1-8-15(21-2)13(19)14(20)16(22-8)23-10-5-3-4-9-6-7-11(18)17-12(9)10/h3-5,8,13-16,19-20H,6-7H2,1-2H3,(H,17,18)/t8-,13-,14+,15-,16-/m0/s1. The summed E-state index contributed by atoms with van der Waals surface area (Å²) in [6, 6.07) is 5.43. The number of nitrogens with one attached hydrogen (secondary N) is 1. The molecule has 1 aromatic rings. The lowest BCUT2D eigenvalue weighted by molar-refractivity contribution is -0.272. The Morgan fingerprint density at radius 2 is 2.04 bits per heavy atom. The van der Waals surface area contributed by atoms with Crippen molar-refractivity contribution in [3.8, 4) is 5.75 Å². The molecular formula is C16H21NO6. The van der Waals surface area contributed by atoms with Gasteiger partial charge in [-0.1, -0.05) is 12.1 Å². The maximum Gasteiger partial charge on any atom is 0.229 e. The molecule has 126 valence electrons. The Bertz CT molecular complexity index is 592. The highest BCUT2D eigenvalue weighted by Crippen LogP contribution is 2.35. The molecule has 2 aliphatic rings. The van der Waals surface area contributed by atoms with Crippen LogP contribution >= 0.6 is 0 Å². The van der Waals surface area contributed by atoms with E-state index in [4.69, 9.17) is 14.2 Å². The molecule has 0 bridgehead atoms. The largest absolute Gasteiger partial charge is 0.460 e. The second-order valence-corrected chi connectivity index (χ2v) is 5.85. The first kappa shape index (κ1) is 16.2. The third-order valence-electron chi connectivity index (χ3n) is 4.29. The SMILES string of the molecule is CO[C@@H]1[C@@H](O)[C@@H](O)[C@H](Oc2cccc3c2NC(=O)CC3)O[C@H]1C. The molecule has 2 heterocycles. The van der Waals surface area contributed by atoms with Gasteiger partial charge in [0.25, 0.3) is 0 Å². The minimum Gasteiger partial charge on any atom is -0.460 e. The van der Waals surface area contributed by atoms with Crippen LogP contribution in [0.2, 0.25) is 0 Å². The molecular weight excluding hydrogens is 302 g/mol. The van der Waals surface area contributed by atoms with Crippen LogP contribution in [-0.4, -0.2) is 53.9 Å². The molecule has 7 nitrogen and oxygen atoms in total. The van der Waals surface area contributed by atoms with Gasteiger partial charge in [-0.25, -0.2) is 0 Å². The van der Waals surface area contributed by atoms with Gasteiger partial charge in [-0.3, -0.25) is 4.79 Å². The minimum atomic E-state index is -1.26. The van der Waals surface area contributed by atoms with Gasteiger partial charge in [-0.05, 0) is 25.0 Å². The summed E-state index contributed by atoms with van der Waals surface area (Å²) in [5, 5.41) is 23.1. The summed E-state index contributed by atoms with van der Waals surface area (Å²) in [4.78, 5) is 11.6. The molecule has 0 saturated carbocycles. The first-order valence-corrected chi connectivity index (χ1v) is 7.64. The molecule has 0 spiro atoms. The van der Waals surface area contributed by atoms with Crippen LogP contribution in [0.25, 0.3) is 0 Å². The van der Waals surface area contributed by atoms with Crippen molar-refractivity contribution in [3.63, 3.8) is 0 Å². The smallest absolute Gasteiger partial charge is 0.229 e. The summed E-state index contributed by atoms with van der Waals surface area (Å²) < 4.78 is 16.5. The normalized spacial score (nSPS) is 33.7. The molecule has 3 rings (SSSR count). The van der Waals surface area contributed by atoms with Gasteiger partial charge < -0.3 is 29.7 Å². The number of aliphatic hydroxyl groups excluding tert-OH is 2. The van der Waals surface area contributed by atoms with Gasteiger partial charge in [0.1, 0.15) is 24.1 Å². The fourth-order valence-corrected chi connectivity index (χ4v) is 3.03. The highest BCUT2D eigenvalue weighted by Gasteiger charge is 2.44. The maximum atomic E-state index is 11.6. The van der Waals surface area contributed by atoms with Gasteiger partial charge in [0.05, 0.1) is 11.8 Å². The summed E-state index contributed by atoms with van der Waals surface area (Å²) in [5.41, 5.74) is 1.56. The van der Waals surface area contributed by atoms with E-state index in [-0.39, 0.29) is 5.91 Å². The lowest BCUT2D eigenvalue weighted by Crippen LogP contribution is -2.58. The molecule has 0 radical (unpaired) electrons. The summed E-state index contributed by atoms with van der Waals surface area (Å²) in [6.45, 7) is 1.74. The quantitative estimate of drug-likeness (QED) is 0.746. The Kier molecular flexibility index (Phi) is 4.54. The summed E-state index contributed by atoms with van der Waals surface area (Å²) in [7, 11) is 1.45. The fourth-order valence-electron chi connectivity index (χ4n) is 3.03. The Hall–Kier alpha value is -1.67.